The minimum atomic E-state index is -4.44. The maximum absolute atomic E-state index is 14.1. The normalized spacial score (nSPS) is 28.6. The maximum Gasteiger partial charge on any atom is 0.393 e. The third-order valence-electron chi connectivity index (χ3n) is 10.2. The Balaban J connectivity index is 1.25. The summed E-state index contributed by atoms with van der Waals surface area (Å²) in [5.74, 6) is -6.42. The molecule has 2 amide bonds. The second-order valence-corrected chi connectivity index (χ2v) is 13.2. The lowest BCUT2D eigenvalue weighted by Crippen LogP contribution is -2.47. The number of fused-ring (bicyclic) bond motifs is 2. The van der Waals surface area contributed by atoms with Gasteiger partial charge in [0.2, 0.25) is 11.8 Å². The zero-order chi connectivity index (χ0) is 32.4. The number of carbonyl (C=O) groups is 2. The third-order valence-corrected chi connectivity index (χ3v) is 10.2. The van der Waals surface area contributed by atoms with E-state index in [0.29, 0.717) is 48.8 Å². The van der Waals surface area contributed by atoms with Crippen LogP contribution in [0, 0.1) is 17.8 Å². The summed E-state index contributed by atoms with van der Waals surface area (Å²) in [7, 11) is 0. The first kappa shape index (κ1) is 30.9. The van der Waals surface area contributed by atoms with Gasteiger partial charge in [-0.25, -0.2) is 23.3 Å². The van der Waals surface area contributed by atoms with Crippen molar-refractivity contribution in [3.05, 3.63) is 41.2 Å². The van der Waals surface area contributed by atoms with Crippen LogP contribution in [0.25, 0.3) is 5.78 Å². The Morgan fingerprint density at radius 1 is 1.22 bits per heavy atom. The Morgan fingerprint density at radius 3 is 2.65 bits per heavy atom. The topological polar surface area (TPSA) is 128 Å². The highest BCUT2D eigenvalue weighted by Gasteiger charge is 2.56. The highest BCUT2D eigenvalue weighted by atomic mass is 19.4. The minimum absolute atomic E-state index is 0.0461. The first-order chi connectivity index (χ1) is 21.8. The van der Waals surface area contributed by atoms with E-state index in [9.17, 15) is 31.5 Å². The van der Waals surface area contributed by atoms with E-state index >= 15 is 0 Å². The average molecular weight is 651 g/mol. The maximum atomic E-state index is 14.1. The first-order valence-corrected chi connectivity index (χ1v) is 15.8. The quantitative estimate of drug-likeness (QED) is 0.354. The largest absolute Gasteiger partial charge is 0.393 e. The van der Waals surface area contributed by atoms with Crippen molar-refractivity contribution in [2.75, 3.05) is 13.2 Å². The molecule has 5 aliphatic rings. The monoisotopic (exact) mass is 650 g/mol. The molecule has 2 bridgehead atoms. The molecule has 6 heterocycles. The van der Waals surface area contributed by atoms with Crippen LogP contribution in [-0.4, -0.2) is 72.5 Å². The highest BCUT2D eigenvalue weighted by molar-refractivity contribution is 5.92. The van der Waals surface area contributed by atoms with Crippen LogP contribution in [0.5, 0.6) is 0 Å². The molecule has 8 rings (SSSR count). The van der Waals surface area contributed by atoms with Crippen molar-refractivity contribution >= 4 is 17.6 Å². The molecule has 2 saturated carbocycles. The first-order valence-electron chi connectivity index (χ1n) is 15.8. The number of nitrogens with zero attached hydrogens (tertiary/aromatic N) is 6. The van der Waals surface area contributed by atoms with Crippen LogP contribution in [0.1, 0.15) is 85.5 Å². The van der Waals surface area contributed by atoms with Crippen molar-refractivity contribution in [2.45, 2.75) is 94.5 Å². The standard InChI is InChI=1S/C30H35F5N8O3/c1-2-42-22(5-8-37-42)26(45)39-23(16-3-6-29(31,32)7-4-16)21-14-43-27(38-21)40-24(28-11-19(12-28)46-15-28)20(41-43)10-17-9-18(30(33,34)35)13-36-25(17)44/h5,8,14,16-19,23H,2-4,6-7,9-13,15H2,1H3,(H,36,44)(H,39,45)/t17-,18-,19?,23+,28?/m1/s1. The van der Waals surface area contributed by atoms with E-state index in [4.69, 9.17) is 19.8 Å². The molecule has 0 spiro atoms. The third kappa shape index (κ3) is 5.62. The lowest BCUT2D eigenvalue weighted by molar-refractivity contribution is -0.183. The van der Waals surface area contributed by atoms with Crippen LogP contribution in [-0.2, 0) is 27.9 Å². The van der Waals surface area contributed by atoms with E-state index in [1.807, 2.05) is 6.92 Å². The molecule has 5 fully saturated rings. The van der Waals surface area contributed by atoms with Crippen LogP contribution >= 0.6 is 0 Å². The number of carbonyl (C=O) groups excluding carboxylic acids is 2. The minimum Gasteiger partial charge on any atom is -0.377 e. The summed E-state index contributed by atoms with van der Waals surface area (Å²) < 4.78 is 77.8. The molecule has 46 heavy (non-hydrogen) atoms. The molecule has 2 aliphatic carbocycles. The van der Waals surface area contributed by atoms with E-state index in [2.05, 4.69) is 15.7 Å². The van der Waals surface area contributed by atoms with Crippen LogP contribution in [0.15, 0.2) is 18.5 Å². The molecule has 3 atom stereocenters. The summed E-state index contributed by atoms with van der Waals surface area (Å²) in [5.41, 5.74) is 1.18. The molecule has 3 aromatic rings. The molecule has 0 radical (unpaired) electrons. The fourth-order valence-electron chi connectivity index (χ4n) is 7.55. The number of hydrogen-bond acceptors (Lipinski definition) is 7. The zero-order valence-corrected chi connectivity index (χ0v) is 25.2. The van der Waals surface area contributed by atoms with E-state index in [0.717, 1.165) is 0 Å². The van der Waals surface area contributed by atoms with Crippen molar-refractivity contribution < 1.29 is 36.3 Å². The number of nitrogens with one attached hydrogen (secondary N) is 2. The van der Waals surface area contributed by atoms with Gasteiger partial charge in [-0.1, -0.05) is 0 Å². The summed E-state index contributed by atoms with van der Waals surface area (Å²) in [6.07, 6.45) is -0.643. The second kappa shape index (κ2) is 11.2. The van der Waals surface area contributed by atoms with Gasteiger partial charge < -0.3 is 15.4 Å². The number of amides is 2. The number of hydrogen-bond donors (Lipinski definition) is 2. The van der Waals surface area contributed by atoms with Gasteiger partial charge in [0.05, 0.1) is 47.9 Å². The van der Waals surface area contributed by atoms with Gasteiger partial charge in [0.1, 0.15) is 5.69 Å². The number of aromatic nitrogens is 6. The number of alkyl halides is 5. The lowest BCUT2D eigenvalue weighted by Gasteiger charge is -2.36. The highest BCUT2D eigenvalue weighted by Crippen LogP contribution is 2.52. The molecule has 3 aromatic heterocycles. The van der Waals surface area contributed by atoms with Crippen molar-refractivity contribution in [3.8, 4) is 0 Å². The Hall–Kier alpha value is -3.69. The molecule has 248 valence electrons. The van der Waals surface area contributed by atoms with Gasteiger partial charge >= 0.3 is 6.18 Å². The summed E-state index contributed by atoms with van der Waals surface area (Å²) in [6.45, 7) is 2.22. The molecular weight excluding hydrogens is 615 g/mol. The smallest absolute Gasteiger partial charge is 0.377 e. The second-order valence-electron chi connectivity index (χ2n) is 13.2. The number of halogens is 5. The van der Waals surface area contributed by atoms with E-state index in [1.54, 1.807) is 12.3 Å². The Morgan fingerprint density at radius 2 is 1.98 bits per heavy atom. The molecule has 11 nitrogen and oxygen atoms in total. The predicted octanol–water partition coefficient (Wildman–Crippen LogP) is 3.92. The fourth-order valence-corrected chi connectivity index (χ4v) is 7.55. The van der Waals surface area contributed by atoms with Crippen molar-refractivity contribution in [1.82, 2.24) is 40.0 Å². The van der Waals surface area contributed by atoms with Crippen LogP contribution in [0.4, 0.5) is 22.0 Å². The Labute approximate surface area is 260 Å². The van der Waals surface area contributed by atoms with E-state index < -0.39 is 53.8 Å². The molecule has 0 aromatic carbocycles. The number of aryl methyl sites for hydroxylation is 1. The van der Waals surface area contributed by atoms with Gasteiger partial charge in [0.15, 0.2) is 0 Å². The molecular formula is C30H35F5N8O3. The van der Waals surface area contributed by atoms with Gasteiger partial charge in [-0.15, -0.1) is 0 Å². The SMILES string of the molecule is CCn1nccc1C(=O)N[C@H](c1cn2nc(C[C@H]3C[C@@H](C(F)(F)F)CNC3=O)c(C34COC(C3)C4)nc2n1)C1CCC(F)(F)CC1. The van der Waals surface area contributed by atoms with Crippen LogP contribution in [0.3, 0.4) is 0 Å². The number of rotatable bonds is 8. The summed E-state index contributed by atoms with van der Waals surface area (Å²) >= 11 is 0. The van der Waals surface area contributed by atoms with Crippen molar-refractivity contribution in [3.63, 3.8) is 0 Å². The molecule has 3 aliphatic heterocycles. The Bertz CT molecular complexity index is 1630. The lowest BCUT2D eigenvalue weighted by atomic mass is 9.67. The zero-order valence-electron chi connectivity index (χ0n) is 25.2. The van der Waals surface area contributed by atoms with E-state index in [-0.39, 0.29) is 56.3 Å². The van der Waals surface area contributed by atoms with Crippen molar-refractivity contribution in [2.24, 2.45) is 17.8 Å². The molecule has 0 unspecified atom stereocenters. The van der Waals surface area contributed by atoms with Gasteiger partial charge in [0.25, 0.3) is 11.7 Å². The van der Waals surface area contributed by atoms with Gasteiger partial charge in [-0.05, 0) is 51.0 Å². The predicted molar refractivity (Wildman–Crippen MR) is 151 cm³/mol. The summed E-state index contributed by atoms with van der Waals surface area (Å²) in [5, 5.41) is 14.3. The Kier molecular flexibility index (Phi) is 7.55. The number of imidazole rings is 1. The van der Waals surface area contributed by atoms with Gasteiger partial charge in [-0.2, -0.15) is 23.4 Å². The molecule has 16 heteroatoms. The number of piperidine rings is 1. The van der Waals surface area contributed by atoms with E-state index in [1.165, 1.54) is 15.4 Å². The van der Waals surface area contributed by atoms with Gasteiger partial charge in [0, 0.05) is 49.9 Å². The van der Waals surface area contributed by atoms with Crippen molar-refractivity contribution in [1.29, 1.82) is 0 Å². The van der Waals surface area contributed by atoms with Crippen LogP contribution < -0.4 is 10.6 Å². The number of ether oxygens (including phenoxy) is 1. The average Bonchev–Trinajstić information content (AvgIpc) is 3.79. The van der Waals surface area contributed by atoms with Crippen LogP contribution in [0.2, 0.25) is 0 Å². The summed E-state index contributed by atoms with van der Waals surface area (Å²) in [6, 6.07) is 0.840. The van der Waals surface area contributed by atoms with Gasteiger partial charge in [-0.3, -0.25) is 14.3 Å². The fraction of sp³-hybridized carbons (Fsp3) is 0.667. The molecule has 2 N–H and O–H groups in total. The molecule has 3 saturated heterocycles. The summed E-state index contributed by atoms with van der Waals surface area (Å²) in [4.78, 5) is 35.7.